The molecule has 3 aliphatic rings. The van der Waals surface area contributed by atoms with Crippen molar-refractivity contribution in [1.82, 2.24) is 0 Å². The summed E-state index contributed by atoms with van der Waals surface area (Å²) in [5.74, 6) is 3.92. The largest absolute Gasteiger partial charge is 2.00 e. The summed E-state index contributed by atoms with van der Waals surface area (Å²) < 4.78 is 4.94. The molecule has 0 aromatic carbocycles. The zero-order valence-electron chi connectivity index (χ0n) is 24.8. The van der Waals surface area contributed by atoms with Crippen LogP contribution in [0.1, 0.15) is 109 Å². The quantitative estimate of drug-likeness (QED) is 0.221. The average molecular weight is 592 g/mol. The van der Waals surface area contributed by atoms with Gasteiger partial charge < -0.3 is 4.74 Å². The summed E-state index contributed by atoms with van der Waals surface area (Å²) in [4.78, 5) is 0. The molecule has 0 radical (unpaired) electrons. The van der Waals surface area contributed by atoms with Gasteiger partial charge in [-0.05, 0) is 24.7 Å². The summed E-state index contributed by atoms with van der Waals surface area (Å²) in [6, 6.07) is 0. The second-order valence-corrected chi connectivity index (χ2v) is 11.7. The van der Waals surface area contributed by atoms with E-state index in [9.17, 15) is 0 Å². The summed E-state index contributed by atoms with van der Waals surface area (Å²) in [5, 5.41) is 0. The van der Waals surface area contributed by atoms with Gasteiger partial charge in [0.15, 0.2) is 0 Å². The van der Waals surface area contributed by atoms with E-state index in [4.69, 9.17) is 4.74 Å². The first kappa shape index (κ1) is 34.5. The Morgan fingerprint density at radius 3 is 1.00 bits per heavy atom. The molecule has 0 spiro atoms. The predicted octanol–water partition coefficient (Wildman–Crippen LogP) is 9.18. The number of allylic oxidation sites excluding steroid dienone is 8. The van der Waals surface area contributed by atoms with Crippen LogP contribution in [0, 0.1) is 47.7 Å². The van der Waals surface area contributed by atoms with Crippen molar-refractivity contribution in [3.05, 3.63) is 45.6 Å². The first-order valence-corrected chi connectivity index (χ1v) is 13.7. The van der Waals surface area contributed by atoms with Crippen molar-refractivity contribution in [2.75, 3.05) is 13.2 Å². The fraction of sp³-hybridized carbons (Fsp3) is 0.750. The summed E-state index contributed by atoms with van der Waals surface area (Å²) in [5.41, 5.74) is 9.37. The van der Waals surface area contributed by atoms with Gasteiger partial charge in [0.2, 0.25) is 0 Å². The smallest absolute Gasteiger partial charge is 0.381 e. The van der Waals surface area contributed by atoms with Crippen LogP contribution >= 0.6 is 0 Å². The molecule has 0 aromatic heterocycles. The standard InChI is InChI=1S/2C14H23.C4H8O.Ba/c2*1-9(2)12-7-8-13(10(3)4)14(12)11(5)6;1-2-4-5-3-1;/h2*9-11H,7H2,1-6H3;1-4H2;/q2*-1;;+2. The third-order valence-electron chi connectivity index (χ3n) is 6.74. The van der Waals surface area contributed by atoms with Gasteiger partial charge in [-0.25, -0.2) is 11.1 Å². The van der Waals surface area contributed by atoms with Gasteiger partial charge in [-0.15, -0.1) is 12.8 Å². The Labute approximate surface area is 254 Å². The van der Waals surface area contributed by atoms with Gasteiger partial charge in [0, 0.05) is 13.2 Å². The molecule has 2 aliphatic carbocycles. The molecule has 0 bridgehead atoms. The first-order chi connectivity index (χ1) is 15.4. The van der Waals surface area contributed by atoms with Crippen molar-refractivity contribution >= 4 is 48.9 Å². The van der Waals surface area contributed by atoms with E-state index in [1.54, 1.807) is 22.3 Å². The van der Waals surface area contributed by atoms with Gasteiger partial charge in [-0.3, -0.25) is 12.2 Å². The minimum atomic E-state index is 0. The zero-order valence-corrected chi connectivity index (χ0v) is 29.3. The zero-order chi connectivity index (χ0) is 25.3. The molecule has 1 saturated heterocycles. The molecule has 0 N–H and O–H groups in total. The molecule has 1 nitrogen and oxygen atoms in total. The monoisotopic (exact) mass is 592 g/mol. The van der Waals surface area contributed by atoms with E-state index >= 15 is 0 Å². The van der Waals surface area contributed by atoms with E-state index in [1.807, 2.05) is 0 Å². The molecule has 0 aromatic rings. The van der Waals surface area contributed by atoms with Gasteiger partial charge in [-0.1, -0.05) is 107 Å². The Kier molecular flexibility index (Phi) is 17.3. The number of hydrogen-bond donors (Lipinski definition) is 0. The van der Waals surface area contributed by atoms with Crippen LogP contribution in [0.3, 0.4) is 0 Å². The molecule has 1 fully saturated rings. The van der Waals surface area contributed by atoms with Crippen molar-refractivity contribution < 1.29 is 4.74 Å². The van der Waals surface area contributed by atoms with Crippen LogP contribution in [-0.4, -0.2) is 62.1 Å². The molecule has 0 unspecified atom stereocenters. The molecule has 1 aliphatic heterocycles. The molecular weight excluding hydrogens is 538 g/mol. The van der Waals surface area contributed by atoms with Gasteiger partial charge in [0.25, 0.3) is 0 Å². The van der Waals surface area contributed by atoms with Crippen molar-refractivity contribution in [1.29, 1.82) is 0 Å². The summed E-state index contributed by atoms with van der Waals surface area (Å²) >= 11 is 0. The minimum absolute atomic E-state index is 0. The molecule has 2 heteroatoms. The van der Waals surface area contributed by atoms with E-state index in [0.717, 1.165) is 26.1 Å². The summed E-state index contributed by atoms with van der Waals surface area (Å²) in [6.07, 6.45) is 11.8. The molecular formula is C32H54BaO. The van der Waals surface area contributed by atoms with E-state index < -0.39 is 0 Å². The van der Waals surface area contributed by atoms with Gasteiger partial charge >= 0.3 is 48.9 Å². The number of hydrogen-bond acceptors (Lipinski definition) is 1. The van der Waals surface area contributed by atoms with E-state index in [-0.39, 0.29) is 48.9 Å². The molecule has 0 atom stereocenters. The van der Waals surface area contributed by atoms with Crippen LogP contribution in [0.15, 0.2) is 33.4 Å². The van der Waals surface area contributed by atoms with Crippen LogP contribution in [0.2, 0.25) is 0 Å². The minimum Gasteiger partial charge on any atom is -0.381 e. The number of rotatable bonds is 6. The van der Waals surface area contributed by atoms with E-state index in [1.165, 1.54) is 24.0 Å². The molecule has 190 valence electrons. The second kappa shape index (κ2) is 17.1. The molecule has 1 heterocycles. The van der Waals surface area contributed by atoms with Crippen LogP contribution in [0.4, 0.5) is 0 Å². The fourth-order valence-electron chi connectivity index (χ4n) is 5.04. The van der Waals surface area contributed by atoms with Crippen LogP contribution in [0.25, 0.3) is 0 Å². The van der Waals surface area contributed by atoms with Crippen molar-refractivity contribution in [2.45, 2.75) is 109 Å². The van der Waals surface area contributed by atoms with Crippen LogP contribution in [-0.2, 0) is 4.74 Å². The fourth-order valence-corrected chi connectivity index (χ4v) is 5.04. The van der Waals surface area contributed by atoms with Crippen molar-refractivity contribution in [3.63, 3.8) is 0 Å². The Morgan fingerprint density at radius 2 is 0.824 bits per heavy atom. The Morgan fingerprint density at radius 1 is 0.500 bits per heavy atom. The Balaban J connectivity index is 0.000000519. The van der Waals surface area contributed by atoms with Gasteiger partial charge in [-0.2, -0.15) is 22.3 Å². The molecule has 0 amide bonds. The summed E-state index contributed by atoms with van der Waals surface area (Å²) in [7, 11) is 0. The molecule has 3 rings (SSSR count). The third-order valence-corrected chi connectivity index (χ3v) is 6.74. The van der Waals surface area contributed by atoms with E-state index in [2.05, 4.69) is 95.2 Å². The maximum absolute atomic E-state index is 4.94. The molecule has 0 saturated carbocycles. The maximum Gasteiger partial charge on any atom is 2.00 e. The average Bonchev–Trinajstić information content (AvgIpc) is 3.49. The first-order valence-electron chi connectivity index (χ1n) is 13.7. The molecule has 34 heavy (non-hydrogen) atoms. The van der Waals surface area contributed by atoms with E-state index in [0.29, 0.717) is 35.5 Å². The Hall–Kier alpha value is 0.491. The normalized spacial score (nSPS) is 18.1. The topological polar surface area (TPSA) is 9.23 Å². The summed E-state index contributed by atoms with van der Waals surface area (Å²) in [6.45, 7) is 29.5. The van der Waals surface area contributed by atoms with Crippen molar-refractivity contribution in [2.24, 2.45) is 35.5 Å². The maximum atomic E-state index is 4.94. The van der Waals surface area contributed by atoms with Gasteiger partial charge in [0.05, 0.1) is 0 Å². The SMILES string of the molecule is C1CCOC1.CC(C)C1=[C-]CC(C(C)C)=C1C(C)C.CC(C)C1=[C-]CC(C(C)C)=C1C(C)C.[Ba+2]. The number of ether oxygens (including phenoxy) is 1. The second-order valence-electron chi connectivity index (χ2n) is 11.7. The van der Waals surface area contributed by atoms with Crippen LogP contribution in [0.5, 0.6) is 0 Å². The van der Waals surface area contributed by atoms with Crippen molar-refractivity contribution in [3.8, 4) is 0 Å². The Bertz CT molecular complexity index is 657. The third kappa shape index (κ3) is 10.5. The van der Waals surface area contributed by atoms with Gasteiger partial charge in [0.1, 0.15) is 0 Å². The predicted molar refractivity (Wildman–Crippen MR) is 152 cm³/mol. The van der Waals surface area contributed by atoms with Crippen LogP contribution < -0.4 is 0 Å².